The smallest absolute Gasteiger partial charge is 0.210 e. The Morgan fingerprint density at radius 2 is 1.79 bits per heavy atom. The molecule has 0 aromatic heterocycles. The fourth-order valence-electron chi connectivity index (χ4n) is 1.79. The van der Waals surface area contributed by atoms with E-state index in [-0.39, 0.29) is 6.04 Å². The molecule has 0 amide bonds. The lowest BCUT2D eigenvalue weighted by Crippen LogP contribution is -2.44. The topological polar surface area (TPSA) is 44.5 Å². The van der Waals surface area contributed by atoms with E-state index in [0.29, 0.717) is 13.2 Å². The van der Waals surface area contributed by atoms with Crippen LogP contribution in [0, 0.1) is 0 Å². The number of benzene rings is 1. The van der Waals surface area contributed by atoms with Gasteiger partial charge in [-0.25, -0.2) is 0 Å². The monoisotopic (exact) mass is 193 g/mol. The lowest BCUT2D eigenvalue weighted by Gasteiger charge is -2.31. The molecule has 2 rings (SSSR count). The largest absolute Gasteiger partial charge is 0.342 e. The van der Waals surface area contributed by atoms with Gasteiger partial charge in [0.1, 0.15) is 0 Å². The van der Waals surface area contributed by atoms with Crippen LogP contribution in [0.5, 0.6) is 0 Å². The molecule has 1 aromatic rings. The third-order valence-electron chi connectivity index (χ3n) is 2.49. The van der Waals surface area contributed by atoms with Crippen molar-refractivity contribution in [3.05, 3.63) is 35.9 Å². The van der Waals surface area contributed by atoms with Crippen LogP contribution in [0.15, 0.2) is 30.3 Å². The number of hydrogen-bond donors (Lipinski definition) is 1. The Bertz CT molecular complexity index is 291. The van der Waals surface area contributed by atoms with Crippen LogP contribution in [0.2, 0.25) is 0 Å². The molecule has 3 nitrogen and oxygen atoms in total. The summed E-state index contributed by atoms with van der Waals surface area (Å²) < 4.78 is 11.3. The molecule has 3 heteroatoms. The summed E-state index contributed by atoms with van der Waals surface area (Å²) in [5, 5.41) is 0. The van der Waals surface area contributed by atoms with Crippen molar-refractivity contribution < 1.29 is 9.47 Å². The van der Waals surface area contributed by atoms with Gasteiger partial charge in [0.05, 0.1) is 19.3 Å². The van der Waals surface area contributed by atoms with E-state index in [1.54, 1.807) is 0 Å². The molecule has 1 aromatic carbocycles. The summed E-state index contributed by atoms with van der Waals surface area (Å²) in [5.74, 6) is -0.735. The van der Waals surface area contributed by atoms with Crippen LogP contribution < -0.4 is 5.73 Å². The number of rotatable bonds is 2. The summed E-state index contributed by atoms with van der Waals surface area (Å²) in [4.78, 5) is 0. The molecule has 2 N–H and O–H groups in total. The number of nitrogens with two attached hydrogens (primary N) is 1. The average Bonchev–Trinajstić information content (AvgIpc) is 2.69. The molecular weight excluding hydrogens is 178 g/mol. The molecule has 0 spiro atoms. The molecule has 1 fully saturated rings. The van der Waals surface area contributed by atoms with Crippen molar-refractivity contribution in [2.24, 2.45) is 5.73 Å². The quantitative estimate of drug-likeness (QED) is 0.768. The van der Waals surface area contributed by atoms with Gasteiger partial charge in [-0.2, -0.15) is 0 Å². The predicted molar refractivity (Wildman–Crippen MR) is 53.7 cm³/mol. The zero-order valence-corrected chi connectivity index (χ0v) is 8.27. The van der Waals surface area contributed by atoms with Crippen LogP contribution in [-0.4, -0.2) is 19.3 Å². The summed E-state index contributed by atoms with van der Waals surface area (Å²) in [6.45, 7) is 3.12. The van der Waals surface area contributed by atoms with E-state index >= 15 is 0 Å². The van der Waals surface area contributed by atoms with Gasteiger partial charge < -0.3 is 15.2 Å². The summed E-state index contributed by atoms with van der Waals surface area (Å²) in [6, 6.07) is 9.68. The molecule has 0 radical (unpaired) electrons. The minimum absolute atomic E-state index is 0.174. The van der Waals surface area contributed by atoms with Crippen LogP contribution in [0.3, 0.4) is 0 Å². The molecule has 0 aliphatic carbocycles. The van der Waals surface area contributed by atoms with E-state index in [1.807, 2.05) is 37.3 Å². The Labute approximate surface area is 83.8 Å². The minimum atomic E-state index is -0.735. The maximum atomic E-state index is 5.91. The van der Waals surface area contributed by atoms with Crippen LogP contribution in [0.1, 0.15) is 12.5 Å². The summed E-state index contributed by atoms with van der Waals surface area (Å²) in [6.07, 6.45) is 0. The third kappa shape index (κ3) is 1.43. The van der Waals surface area contributed by atoms with Crippen LogP contribution in [-0.2, 0) is 15.3 Å². The molecule has 1 unspecified atom stereocenters. The maximum Gasteiger partial charge on any atom is 0.210 e. The van der Waals surface area contributed by atoms with E-state index in [9.17, 15) is 0 Å². The Hall–Kier alpha value is -0.900. The second-order valence-electron chi connectivity index (χ2n) is 3.52. The predicted octanol–water partition coefficient (Wildman–Crippen LogP) is 1.23. The van der Waals surface area contributed by atoms with Crippen molar-refractivity contribution in [1.82, 2.24) is 0 Å². The Morgan fingerprint density at radius 1 is 1.21 bits per heavy atom. The molecule has 1 aliphatic rings. The zero-order chi connectivity index (χ0) is 10.0. The number of ether oxygens (including phenoxy) is 2. The molecule has 76 valence electrons. The zero-order valence-electron chi connectivity index (χ0n) is 8.27. The van der Waals surface area contributed by atoms with Crippen LogP contribution in [0.25, 0.3) is 0 Å². The first-order valence-corrected chi connectivity index (χ1v) is 4.85. The van der Waals surface area contributed by atoms with Crippen molar-refractivity contribution in [1.29, 1.82) is 0 Å². The summed E-state index contributed by atoms with van der Waals surface area (Å²) in [5.41, 5.74) is 6.91. The normalized spacial score (nSPS) is 22.1. The van der Waals surface area contributed by atoms with Gasteiger partial charge in [0.2, 0.25) is 5.79 Å². The fraction of sp³-hybridized carbons (Fsp3) is 0.455. The van der Waals surface area contributed by atoms with Gasteiger partial charge in [-0.1, -0.05) is 30.3 Å². The maximum absolute atomic E-state index is 5.91. The van der Waals surface area contributed by atoms with E-state index in [0.717, 1.165) is 5.56 Å². The van der Waals surface area contributed by atoms with Crippen LogP contribution in [0.4, 0.5) is 0 Å². The van der Waals surface area contributed by atoms with Gasteiger partial charge in [0.15, 0.2) is 0 Å². The average molecular weight is 193 g/mol. The molecule has 14 heavy (non-hydrogen) atoms. The first-order valence-electron chi connectivity index (χ1n) is 4.85. The highest BCUT2D eigenvalue weighted by molar-refractivity contribution is 5.22. The first kappa shape index (κ1) is 9.65. The lowest BCUT2D eigenvalue weighted by atomic mass is 10.00. The van der Waals surface area contributed by atoms with Crippen molar-refractivity contribution >= 4 is 0 Å². The summed E-state index contributed by atoms with van der Waals surface area (Å²) in [7, 11) is 0. The molecule has 1 saturated heterocycles. The Morgan fingerprint density at radius 3 is 2.29 bits per heavy atom. The van der Waals surface area contributed by atoms with Crippen molar-refractivity contribution in [2.75, 3.05) is 13.2 Å². The van der Waals surface area contributed by atoms with E-state index in [1.165, 1.54) is 0 Å². The number of hydrogen-bond acceptors (Lipinski definition) is 3. The Balaban J connectivity index is 2.36. The second-order valence-corrected chi connectivity index (χ2v) is 3.52. The minimum Gasteiger partial charge on any atom is -0.342 e. The van der Waals surface area contributed by atoms with Gasteiger partial charge in [-0.15, -0.1) is 0 Å². The van der Waals surface area contributed by atoms with Gasteiger partial charge in [0.25, 0.3) is 0 Å². The van der Waals surface area contributed by atoms with Crippen molar-refractivity contribution in [3.8, 4) is 0 Å². The van der Waals surface area contributed by atoms with E-state index < -0.39 is 5.79 Å². The Kier molecular flexibility index (Phi) is 2.54. The highest BCUT2D eigenvalue weighted by Gasteiger charge is 2.42. The highest BCUT2D eigenvalue weighted by atomic mass is 16.7. The standard InChI is InChI=1S/C11H15NO2/c1-9(12)11(13-7-8-14-11)10-5-3-2-4-6-10/h2-6,9H,7-8,12H2,1H3. The van der Waals surface area contributed by atoms with E-state index in [2.05, 4.69) is 0 Å². The van der Waals surface area contributed by atoms with Crippen molar-refractivity contribution in [3.63, 3.8) is 0 Å². The molecule has 0 saturated carbocycles. The van der Waals surface area contributed by atoms with E-state index in [4.69, 9.17) is 15.2 Å². The second kappa shape index (κ2) is 3.69. The molecule has 0 bridgehead atoms. The molecule has 1 aliphatic heterocycles. The van der Waals surface area contributed by atoms with Gasteiger partial charge in [-0.3, -0.25) is 0 Å². The lowest BCUT2D eigenvalue weighted by molar-refractivity contribution is -0.178. The molecule has 1 heterocycles. The highest BCUT2D eigenvalue weighted by Crippen LogP contribution is 2.33. The third-order valence-corrected chi connectivity index (χ3v) is 2.49. The SMILES string of the molecule is CC(N)C1(c2ccccc2)OCCO1. The first-order chi connectivity index (χ1) is 6.76. The molecular formula is C11H15NO2. The van der Waals surface area contributed by atoms with Gasteiger partial charge in [0, 0.05) is 5.56 Å². The summed E-state index contributed by atoms with van der Waals surface area (Å²) >= 11 is 0. The fourth-order valence-corrected chi connectivity index (χ4v) is 1.79. The van der Waals surface area contributed by atoms with Crippen molar-refractivity contribution in [2.45, 2.75) is 18.8 Å². The van der Waals surface area contributed by atoms with Gasteiger partial charge >= 0.3 is 0 Å². The van der Waals surface area contributed by atoms with Crippen LogP contribution >= 0.6 is 0 Å². The molecule has 1 atom stereocenters. The van der Waals surface area contributed by atoms with Gasteiger partial charge in [-0.05, 0) is 6.92 Å².